The molecule has 1 fully saturated rings. The summed E-state index contributed by atoms with van der Waals surface area (Å²) in [4.78, 5) is 14.7. The van der Waals surface area contributed by atoms with Crippen LogP contribution in [-0.4, -0.2) is 22.9 Å². The molecule has 1 saturated carbocycles. The van der Waals surface area contributed by atoms with Gasteiger partial charge in [0.25, 0.3) is 0 Å². The van der Waals surface area contributed by atoms with Crippen LogP contribution >= 0.6 is 15.9 Å². The molecule has 1 atom stereocenters. The molecule has 0 aromatic heterocycles. The van der Waals surface area contributed by atoms with Gasteiger partial charge in [0.1, 0.15) is 0 Å². The quantitative estimate of drug-likeness (QED) is 0.840. The molecule has 4 heteroatoms. The van der Waals surface area contributed by atoms with E-state index < -0.39 is 0 Å². The average molecular weight is 353 g/mol. The molecule has 1 aromatic carbocycles. The fourth-order valence-corrected chi connectivity index (χ4v) is 3.58. The lowest BCUT2D eigenvalue weighted by atomic mass is 9.75. The number of amides is 1. The molecular weight excluding hydrogens is 328 g/mol. The average Bonchev–Trinajstić information content (AvgIpc) is 2.42. The highest BCUT2D eigenvalue weighted by atomic mass is 79.9. The predicted octanol–water partition coefficient (Wildman–Crippen LogP) is 4.02. The lowest BCUT2D eigenvalue weighted by Crippen LogP contribution is -2.51. The van der Waals surface area contributed by atoms with Gasteiger partial charge in [0.2, 0.25) is 5.91 Å². The molecular formula is C17H25BrN2O. The van der Waals surface area contributed by atoms with E-state index in [1.54, 1.807) is 0 Å². The van der Waals surface area contributed by atoms with Crippen LogP contribution < -0.4 is 5.73 Å². The lowest BCUT2D eigenvalue weighted by Gasteiger charge is -2.40. The lowest BCUT2D eigenvalue weighted by molar-refractivity contribution is -0.135. The number of nitrogens with zero attached hydrogens (tertiary/aromatic N) is 1. The van der Waals surface area contributed by atoms with Crippen LogP contribution in [0.4, 0.5) is 0 Å². The summed E-state index contributed by atoms with van der Waals surface area (Å²) in [6, 6.07) is 8.18. The summed E-state index contributed by atoms with van der Waals surface area (Å²) in [6.07, 6.45) is 4.53. The Kier molecular flexibility index (Phi) is 5.44. The van der Waals surface area contributed by atoms with Crippen LogP contribution in [0.2, 0.25) is 0 Å². The molecule has 1 aliphatic carbocycles. The summed E-state index contributed by atoms with van der Waals surface area (Å²) in [5.74, 6) is 0.183. The zero-order valence-electron chi connectivity index (χ0n) is 12.9. The summed E-state index contributed by atoms with van der Waals surface area (Å²) in [5.41, 5.74) is 7.15. The number of carbonyl (C=O) groups is 1. The van der Waals surface area contributed by atoms with Crippen molar-refractivity contribution in [3.8, 4) is 0 Å². The van der Waals surface area contributed by atoms with E-state index in [4.69, 9.17) is 5.73 Å². The first-order valence-corrected chi connectivity index (χ1v) is 8.59. The standard InChI is InChI=1S/C17H25BrN2O/c1-3-11-20(16(21)12-17(19)9-6-10-17)13(2)14-7-4-5-8-15(14)18/h4-5,7-8,13H,3,6,9-12,19H2,1-2H3. The van der Waals surface area contributed by atoms with Gasteiger partial charge in [0, 0.05) is 23.0 Å². The number of halogens is 1. The summed E-state index contributed by atoms with van der Waals surface area (Å²) in [5, 5.41) is 0. The summed E-state index contributed by atoms with van der Waals surface area (Å²) in [7, 11) is 0. The van der Waals surface area contributed by atoms with Crippen LogP contribution in [0.1, 0.15) is 57.6 Å². The number of nitrogens with two attached hydrogens (primary N) is 1. The second kappa shape index (κ2) is 6.93. The van der Waals surface area contributed by atoms with Crippen molar-refractivity contribution >= 4 is 21.8 Å². The van der Waals surface area contributed by atoms with Crippen molar-refractivity contribution in [1.82, 2.24) is 4.90 Å². The van der Waals surface area contributed by atoms with E-state index in [2.05, 4.69) is 35.8 Å². The molecule has 21 heavy (non-hydrogen) atoms. The molecule has 1 unspecified atom stereocenters. The van der Waals surface area contributed by atoms with Crippen LogP contribution in [0.25, 0.3) is 0 Å². The Balaban J connectivity index is 2.13. The minimum Gasteiger partial charge on any atom is -0.336 e. The fourth-order valence-electron chi connectivity index (χ4n) is 2.97. The molecule has 116 valence electrons. The molecule has 2 rings (SSSR count). The van der Waals surface area contributed by atoms with Crippen molar-refractivity contribution in [2.75, 3.05) is 6.54 Å². The maximum absolute atomic E-state index is 12.7. The summed E-state index contributed by atoms with van der Waals surface area (Å²) < 4.78 is 1.05. The molecule has 0 saturated heterocycles. The highest BCUT2D eigenvalue weighted by molar-refractivity contribution is 9.10. The van der Waals surface area contributed by atoms with Crippen molar-refractivity contribution in [3.05, 3.63) is 34.3 Å². The molecule has 0 bridgehead atoms. The molecule has 1 aromatic rings. The molecule has 1 amide bonds. The maximum atomic E-state index is 12.7. The van der Waals surface area contributed by atoms with Crippen molar-refractivity contribution in [3.63, 3.8) is 0 Å². The Hall–Kier alpha value is -0.870. The largest absolute Gasteiger partial charge is 0.336 e. The Labute approximate surface area is 136 Å². The van der Waals surface area contributed by atoms with E-state index in [-0.39, 0.29) is 17.5 Å². The van der Waals surface area contributed by atoms with Gasteiger partial charge in [-0.3, -0.25) is 4.79 Å². The van der Waals surface area contributed by atoms with Gasteiger partial charge in [-0.25, -0.2) is 0 Å². The van der Waals surface area contributed by atoms with Gasteiger partial charge in [-0.1, -0.05) is 41.1 Å². The maximum Gasteiger partial charge on any atom is 0.224 e. The van der Waals surface area contributed by atoms with E-state index in [1.807, 2.05) is 23.1 Å². The Bertz CT molecular complexity index is 499. The molecule has 1 aliphatic rings. The van der Waals surface area contributed by atoms with Gasteiger partial charge >= 0.3 is 0 Å². The molecule has 0 aliphatic heterocycles. The molecule has 0 radical (unpaired) electrons. The third kappa shape index (κ3) is 3.86. The van der Waals surface area contributed by atoms with Crippen molar-refractivity contribution in [2.24, 2.45) is 5.73 Å². The number of rotatable bonds is 6. The minimum absolute atomic E-state index is 0.0664. The van der Waals surface area contributed by atoms with Gasteiger partial charge in [0.15, 0.2) is 0 Å². The molecule has 0 spiro atoms. The van der Waals surface area contributed by atoms with Crippen LogP contribution in [0.15, 0.2) is 28.7 Å². The highest BCUT2D eigenvalue weighted by Crippen LogP contribution is 2.34. The smallest absolute Gasteiger partial charge is 0.224 e. The monoisotopic (exact) mass is 352 g/mol. The van der Waals surface area contributed by atoms with E-state index in [0.717, 1.165) is 42.3 Å². The van der Waals surface area contributed by atoms with Gasteiger partial charge in [0.05, 0.1) is 6.04 Å². The van der Waals surface area contributed by atoms with Gasteiger partial charge < -0.3 is 10.6 Å². The Morgan fingerprint density at radius 2 is 2.10 bits per heavy atom. The zero-order chi connectivity index (χ0) is 15.5. The second-order valence-corrected chi connectivity index (χ2v) is 7.03. The Morgan fingerprint density at radius 3 is 2.62 bits per heavy atom. The first-order chi connectivity index (χ1) is 9.97. The van der Waals surface area contributed by atoms with Crippen LogP contribution in [-0.2, 0) is 4.79 Å². The van der Waals surface area contributed by atoms with Gasteiger partial charge in [-0.2, -0.15) is 0 Å². The third-order valence-electron chi connectivity index (χ3n) is 4.46. The van der Waals surface area contributed by atoms with Crippen LogP contribution in [0.5, 0.6) is 0 Å². The zero-order valence-corrected chi connectivity index (χ0v) is 14.5. The van der Waals surface area contributed by atoms with Gasteiger partial charge in [-0.15, -0.1) is 0 Å². The second-order valence-electron chi connectivity index (χ2n) is 6.18. The normalized spacial score (nSPS) is 17.9. The van der Waals surface area contributed by atoms with E-state index in [9.17, 15) is 4.79 Å². The van der Waals surface area contributed by atoms with Crippen molar-refractivity contribution < 1.29 is 4.79 Å². The SMILES string of the molecule is CCCN(C(=O)CC1(N)CCC1)C(C)c1ccccc1Br. The summed E-state index contributed by atoms with van der Waals surface area (Å²) >= 11 is 3.59. The Morgan fingerprint density at radius 1 is 1.43 bits per heavy atom. The third-order valence-corrected chi connectivity index (χ3v) is 5.18. The first-order valence-electron chi connectivity index (χ1n) is 7.79. The fraction of sp³-hybridized carbons (Fsp3) is 0.588. The van der Waals surface area contributed by atoms with Crippen molar-refractivity contribution in [2.45, 2.75) is 57.5 Å². The minimum atomic E-state index is -0.253. The highest BCUT2D eigenvalue weighted by Gasteiger charge is 2.36. The van der Waals surface area contributed by atoms with Crippen LogP contribution in [0, 0.1) is 0 Å². The van der Waals surface area contributed by atoms with Crippen molar-refractivity contribution in [1.29, 1.82) is 0 Å². The number of hydrogen-bond acceptors (Lipinski definition) is 2. The van der Waals surface area contributed by atoms with Crippen LogP contribution in [0.3, 0.4) is 0 Å². The first kappa shape index (κ1) is 16.5. The van der Waals surface area contributed by atoms with E-state index >= 15 is 0 Å². The molecule has 2 N–H and O–H groups in total. The number of benzene rings is 1. The summed E-state index contributed by atoms with van der Waals surface area (Å²) in [6.45, 7) is 4.98. The predicted molar refractivity (Wildman–Crippen MR) is 89.9 cm³/mol. The number of carbonyl (C=O) groups excluding carboxylic acids is 1. The molecule has 0 heterocycles. The number of hydrogen-bond donors (Lipinski definition) is 1. The van der Waals surface area contributed by atoms with Gasteiger partial charge in [-0.05, 0) is 44.2 Å². The van der Waals surface area contributed by atoms with E-state index in [0.29, 0.717) is 6.42 Å². The topological polar surface area (TPSA) is 46.3 Å². The van der Waals surface area contributed by atoms with E-state index in [1.165, 1.54) is 0 Å². The molecule has 3 nitrogen and oxygen atoms in total.